The summed E-state index contributed by atoms with van der Waals surface area (Å²) in [5.41, 5.74) is 0.0438. The van der Waals surface area contributed by atoms with Gasteiger partial charge in [-0.05, 0) is 49.4 Å². The highest BCUT2D eigenvalue weighted by atomic mass is 32.2. The molecule has 0 radical (unpaired) electrons. The summed E-state index contributed by atoms with van der Waals surface area (Å²) in [6.07, 6.45) is 0.714. The monoisotopic (exact) mass is 785 g/mol. The second-order valence-corrected chi connectivity index (χ2v) is 16.8. The first-order valence-electron chi connectivity index (χ1n) is 17.9. The first kappa shape index (κ1) is 42.6. The lowest BCUT2D eigenvalue weighted by atomic mass is 9.96. The lowest BCUT2D eigenvalue weighted by molar-refractivity contribution is -0.150. The summed E-state index contributed by atoms with van der Waals surface area (Å²) in [6.45, 7) is 5.02. The van der Waals surface area contributed by atoms with Crippen LogP contribution in [-0.4, -0.2) is 64.7 Å². The van der Waals surface area contributed by atoms with E-state index in [1.807, 2.05) is 121 Å². The highest BCUT2D eigenvalue weighted by Crippen LogP contribution is 2.25. The van der Waals surface area contributed by atoms with Crippen molar-refractivity contribution in [1.82, 2.24) is 16.0 Å². The molecule has 4 aromatic rings. The summed E-state index contributed by atoms with van der Waals surface area (Å²) in [7, 11) is 1.30. The van der Waals surface area contributed by atoms with Crippen LogP contribution in [0.5, 0.6) is 0 Å². The first-order chi connectivity index (χ1) is 25.9. The molecule has 8 nitrogen and oxygen atoms in total. The second kappa shape index (κ2) is 21.0. The molecule has 286 valence electrons. The lowest BCUT2D eigenvalue weighted by Gasteiger charge is -2.38. The van der Waals surface area contributed by atoms with Crippen LogP contribution in [0, 0.1) is 0 Å². The molecule has 0 heterocycles. The van der Waals surface area contributed by atoms with Gasteiger partial charge in [0.2, 0.25) is 17.7 Å². The van der Waals surface area contributed by atoms with E-state index in [1.165, 1.54) is 42.4 Å². The zero-order valence-corrected chi connectivity index (χ0v) is 33.9. The van der Waals surface area contributed by atoms with Crippen molar-refractivity contribution in [3.8, 4) is 0 Å². The van der Waals surface area contributed by atoms with Gasteiger partial charge in [0.1, 0.15) is 16.6 Å². The highest BCUT2D eigenvalue weighted by molar-refractivity contribution is 7.99. The number of carbonyl (C=O) groups excluding carboxylic acids is 4. The summed E-state index contributed by atoms with van der Waals surface area (Å²) >= 11 is 4.52. The molecule has 0 saturated carbocycles. The molecule has 0 aliphatic rings. The van der Waals surface area contributed by atoms with Gasteiger partial charge in [-0.25, -0.2) is 4.79 Å². The maximum atomic E-state index is 14.5. The first-order valence-corrected chi connectivity index (χ1v) is 21.3. The van der Waals surface area contributed by atoms with Crippen LogP contribution in [0.4, 0.5) is 0 Å². The molecule has 3 atom stereocenters. The van der Waals surface area contributed by atoms with E-state index in [4.69, 9.17) is 4.74 Å². The highest BCUT2D eigenvalue weighted by Gasteiger charge is 2.46. The van der Waals surface area contributed by atoms with Crippen molar-refractivity contribution in [2.24, 2.45) is 0 Å². The minimum Gasteiger partial charge on any atom is -0.467 e. The normalized spacial score (nSPS) is 14.4. The van der Waals surface area contributed by atoms with Gasteiger partial charge in [0.05, 0.1) is 7.11 Å². The summed E-state index contributed by atoms with van der Waals surface area (Å²) in [4.78, 5) is 55.7. The van der Waals surface area contributed by atoms with Crippen LogP contribution < -0.4 is 16.0 Å². The molecule has 3 amide bonds. The average Bonchev–Trinajstić information content (AvgIpc) is 3.18. The number of amides is 3. The Kier molecular flexibility index (Phi) is 16.6. The number of esters is 1. The number of rotatable bonds is 21. The summed E-state index contributed by atoms with van der Waals surface area (Å²) in [6, 6.07) is 39.4. The molecular weight excluding hydrogens is 735 g/mol. The van der Waals surface area contributed by atoms with Gasteiger partial charge < -0.3 is 20.7 Å². The second-order valence-electron chi connectivity index (χ2n) is 13.9. The van der Waals surface area contributed by atoms with Gasteiger partial charge in [0, 0.05) is 40.9 Å². The molecule has 0 unspecified atom stereocenters. The lowest BCUT2D eigenvalue weighted by Crippen LogP contribution is -2.69. The number of hydrogen-bond donors (Lipinski definition) is 3. The maximum Gasteiger partial charge on any atom is 0.332 e. The third-order valence-electron chi connectivity index (χ3n) is 8.82. The van der Waals surface area contributed by atoms with E-state index in [2.05, 4.69) is 16.0 Å². The standard InChI is InChI=1S/C43H51N3O5S3/c1-41(30-52-27-34-19-11-6-12-20-34,44-37(47)26-25-33-17-9-5-10-18-33)38(48)45-42(2,31-53-28-35-21-13-7-14-22-35)39(49)46-43(3,40(50)51-4)32-54-29-36-23-15-8-16-24-36/h5-24H,25-32H2,1-4H3,(H,44,47)(H,45,48)(H,46,49)/t41-,42-,43-/m0/s1. The van der Waals surface area contributed by atoms with Crippen molar-refractivity contribution in [2.45, 2.75) is 67.5 Å². The average molecular weight is 786 g/mol. The summed E-state index contributed by atoms with van der Waals surface area (Å²) < 4.78 is 5.18. The number of thioether (sulfide) groups is 3. The van der Waals surface area contributed by atoms with Crippen LogP contribution in [0.1, 0.15) is 49.4 Å². The van der Waals surface area contributed by atoms with Gasteiger partial charge in [-0.1, -0.05) is 121 Å². The van der Waals surface area contributed by atoms with Gasteiger partial charge in [-0.15, -0.1) is 0 Å². The van der Waals surface area contributed by atoms with Crippen molar-refractivity contribution < 1.29 is 23.9 Å². The Hall–Kier alpha value is -4.19. The van der Waals surface area contributed by atoms with Crippen molar-refractivity contribution in [1.29, 1.82) is 0 Å². The third kappa shape index (κ3) is 13.3. The molecule has 54 heavy (non-hydrogen) atoms. The Morgan fingerprint density at radius 3 is 1.22 bits per heavy atom. The molecule has 0 aliphatic heterocycles. The summed E-state index contributed by atoms with van der Waals surface area (Å²) in [5.74, 6) is 0.684. The van der Waals surface area contributed by atoms with Crippen LogP contribution in [0.2, 0.25) is 0 Å². The van der Waals surface area contributed by atoms with Crippen LogP contribution >= 0.6 is 35.3 Å². The van der Waals surface area contributed by atoms with Crippen molar-refractivity contribution in [3.05, 3.63) is 144 Å². The quantitative estimate of drug-likeness (QED) is 0.0760. The number of aryl methyl sites for hydroxylation is 1. The molecule has 4 rings (SSSR count). The zero-order valence-electron chi connectivity index (χ0n) is 31.5. The Bertz CT molecular complexity index is 1790. The Labute approximate surface area is 332 Å². The SMILES string of the molecule is COC(=O)[C@](C)(CSCc1ccccc1)NC(=O)[C@](C)(CSCc1ccccc1)NC(=O)[C@](C)(CSCc1ccccc1)NC(=O)CCc1ccccc1. The smallest absolute Gasteiger partial charge is 0.332 e. The van der Waals surface area contributed by atoms with Gasteiger partial charge in [-0.2, -0.15) is 35.3 Å². The van der Waals surface area contributed by atoms with Crippen molar-refractivity contribution >= 4 is 59.0 Å². The number of ether oxygens (including phenoxy) is 1. The van der Waals surface area contributed by atoms with E-state index in [-0.39, 0.29) is 29.6 Å². The van der Waals surface area contributed by atoms with Crippen molar-refractivity contribution in [2.75, 3.05) is 24.4 Å². The molecule has 0 aromatic heterocycles. The van der Waals surface area contributed by atoms with E-state index < -0.39 is 34.4 Å². The topological polar surface area (TPSA) is 114 Å². The number of nitrogens with one attached hydrogen (secondary N) is 3. The predicted molar refractivity (Wildman–Crippen MR) is 224 cm³/mol. The number of benzene rings is 4. The molecule has 0 bridgehead atoms. The van der Waals surface area contributed by atoms with Gasteiger partial charge >= 0.3 is 5.97 Å². The fourth-order valence-corrected chi connectivity index (χ4v) is 8.99. The number of hydrogen-bond acceptors (Lipinski definition) is 8. The number of carbonyl (C=O) groups is 4. The molecular formula is C43H51N3O5S3. The van der Waals surface area contributed by atoms with Gasteiger partial charge in [-0.3, -0.25) is 14.4 Å². The third-order valence-corrected chi connectivity index (χ3v) is 12.8. The molecule has 3 N–H and O–H groups in total. The fourth-order valence-electron chi connectivity index (χ4n) is 5.58. The van der Waals surface area contributed by atoms with Gasteiger partial charge in [0.15, 0.2) is 0 Å². The number of methoxy groups -OCH3 is 1. The van der Waals surface area contributed by atoms with E-state index in [0.717, 1.165) is 22.3 Å². The van der Waals surface area contributed by atoms with Crippen LogP contribution in [-0.2, 0) is 47.6 Å². The predicted octanol–water partition coefficient (Wildman–Crippen LogP) is 7.22. The largest absolute Gasteiger partial charge is 0.467 e. The zero-order chi connectivity index (χ0) is 38.9. The minimum atomic E-state index is -1.48. The van der Waals surface area contributed by atoms with E-state index in [9.17, 15) is 19.2 Å². The molecule has 0 spiro atoms. The molecule has 4 aromatic carbocycles. The molecule has 0 saturated heterocycles. The summed E-state index contributed by atoms with van der Waals surface area (Å²) in [5, 5.41) is 9.04. The molecule has 11 heteroatoms. The maximum absolute atomic E-state index is 14.5. The van der Waals surface area contributed by atoms with Crippen LogP contribution in [0.25, 0.3) is 0 Å². The Balaban J connectivity index is 1.56. The minimum absolute atomic E-state index is 0.194. The Morgan fingerprint density at radius 1 is 0.500 bits per heavy atom. The van der Waals surface area contributed by atoms with E-state index in [0.29, 0.717) is 23.7 Å². The molecule has 0 aliphatic carbocycles. The fraction of sp³-hybridized carbons (Fsp3) is 0.349. The van der Waals surface area contributed by atoms with E-state index in [1.54, 1.807) is 20.8 Å². The van der Waals surface area contributed by atoms with Crippen LogP contribution in [0.3, 0.4) is 0 Å². The Morgan fingerprint density at radius 2 is 0.833 bits per heavy atom. The van der Waals surface area contributed by atoms with E-state index >= 15 is 0 Å². The van der Waals surface area contributed by atoms with Crippen LogP contribution in [0.15, 0.2) is 121 Å². The van der Waals surface area contributed by atoms with Gasteiger partial charge in [0.25, 0.3) is 0 Å². The molecule has 0 fully saturated rings. The van der Waals surface area contributed by atoms with Crippen molar-refractivity contribution in [3.63, 3.8) is 0 Å².